The van der Waals surface area contributed by atoms with Crippen molar-refractivity contribution >= 4 is 0 Å². The highest BCUT2D eigenvalue weighted by Crippen LogP contribution is 2.67. The van der Waals surface area contributed by atoms with Gasteiger partial charge in [-0.2, -0.15) is 0 Å². The van der Waals surface area contributed by atoms with Crippen LogP contribution in [-0.4, -0.2) is 30.2 Å². The number of aliphatic hydroxyl groups is 1. The van der Waals surface area contributed by atoms with Gasteiger partial charge in [-0.05, 0) is 79.4 Å². The second-order valence-electron chi connectivity index (χ2n) is 10.3. The fourth-order valence-electron chi connectivity index (χ4n) is 7.98. The van der Waals surface area contributed by atoms with Crippen LogP contribution in [0.25, 0.3) is 0 Å². The van der Waals surface area contributed by atoms with E-state index in [0.29, 0.717) is 10.8 Å². The zero-order valence-corrected chi connectivity index (χ0v) is 15.4. The Morgan fingerprint density at radius 3 is 2.46 bits per heavy atom. The number of aliphatic hydroxyl groups excluding tert-OH is 1. The first kappa shape index (κ1) is 16.1. The molecule has 5 aliphatic rings. The van der Waals surface area contributed by atoms with Gasteiger partial charge < -0.3 is 14.6 Å². The second-order valence-corrected chi connectivity index (χ2v) is 10.3. The molecule has 3 heteroatoms. The minimum absolute atomic E-state index is 0.0424. The van der Waals surface area contributed by atoms with Gasteiger partial charge in [0.1, 0.15) is 0 Å². The van der Waals surface area contributed by atoms with Gasteiger partial charge in [0.2, 0.25) is 0 Å². The fraction of sp³-hybridized carbons (Fsp3) is 1.00. The van der Waals surface area contributed by atoms with E-state index in [1.54, 1.807) is 0 Å². The highest BCUT2D eigenvalue weighted by atomic mass is 16.7. The van der Waals surface area contributed by atoms with Crippen LogP contribution in [0.5, 0.6) is 0 Å². The Morgan fingerprint density at radius 2 is 1.67 bits per heavy atom. The molecule has 1 saturated heterocycles. The summed E-state index contributed by atoms with van der Waals surface area (Å²) in [5.74, 6) is 3.00. The molecule has 1 spiro atoms. The zero-order chi connectivity index (χ0) is 16.6. The van der Waals surface area contributed by atoms with Crippen molar-refractivity contribution in [3.8, 4) is 0 Å². The second kappa shape index (κ2) is 5.20. The predicted molar refractivity (Wildman–Crippen MR) is 92.4 cm³/mol. The number of hydrogen-bond donors (Lipinski definition) is 1. The Kier molecular flexibility index (Phi) is 3.49. The van der Waals surface area contributed by atoms with Crippen LogP contribution in [0.3, 0.4) is 0 Å². The zero-order valence-electron chi connectivity index (χ0n) is 15.4. The summed E-state index contributed by atoms with van der Waals surface area (Å²) in [7, 11) is 0. The van der Waals surface area contributed by atoms with Gasteiger partial charge in [-0.3, -0.25) is 0 Å². The molecule has 0 aromatic heterocycles. The lowest BCUT2D eigenvalue weighted by Gasteiger charge is -2.61. The molecule has 7 atom stereocenters. The molecule has 24 heavy (non-hydrogen) atoms. The first-order valence-corrected chi connectivity index (χ1v) is 10.4. The van der Waals surface area contributed by atoms with Gasteiger partial charge >= 0.3 is 0 Å². The van der Waals surface area contributed by atoms with Gasteiger partial charge in [0, 0.05) is 12.8 Å². The molecule has 5 rings (SSSR count). The Balaban J connectivity index is 1.41. The molecule has 136 valence electrons. The number of ether oxygens (including phenoxy) is 2. The maximum absolute atomic E-state index is 10.3. The van der Waals surface area contributed by atoms with Crippen molar-refractivity contribution in [3.63, 3.8) is 0 Å². The Labute approximate surface area is 146 Å². The SMILES string of the molecule is CC12CCC3C(CCC4CC5(CCC43C)OCCO5)C1CC(O)C2. The highest BCUT2D eigenvalue weighted by molar-refractivity contribution is 5.09. The quantitative estimate of drug-likeness (QED) is 0.724. The Morgan fingerprint density at radius 1 is 0.875 bits per heavy atom. The van der Waals surface area contributed by atoms with E-state index in [4.69, 9.17) is 9.47 Å². The first-order valence-electron chi connectivity index (χ1n) is 10.4. The monoisotopic (exact) mass is 334 g/mol. The van der Waals surface area contributed by atoms with Crippen molar-refractivity contribution in [3.05, 3.63) is 0 Å². The minimum atomic E-state index is -0.232. The summed E-state index contributed by atoms with van der Waals surface area (Å²) in [5.41, 5.74) is 0.885. The molecule has 3 nitrogen and oxygen atoms in total. The summed E-state index contributed by atoms with van der Waals surface area (Å²) in [5, 5.41) is 10.3. The molecule has 1 aliphatic heterocycles. The molecule has 5 fully saturated rings. The van der Waals surface area contributed by atoms with E-state index in [9.17, 15) is 5.11 Å². The van der Waals surface area contributed by atoms with Crippen molar-refractivity contribution < 1.29 is 14.6 Å². The lowest BCUT2D eigenvalue weighted by molar-refractivity contribution is -0.229. The lowest BCUT2D eigenvalue weighted by atomic mass is 9.45. The van der Waals surface area contributed by atoms with E-state index < -0.39 is 0 Å². The summed E-state index contributed by atoms with van der Waals surface area (Å²) >= 11 is 0. The average molecular weight is 334 g/mol. The average Bonchev–Trinajstić information content (AvgIpc) is 3.11. The van der Waals surface area contributed by atoms with E-state index in [-0.39, 0.29) is 11.9 Å². The van der Waals surface area contributed by atoms with Crippen molar-refractivity contribution in [1.82, 2.24) is 0 Å². The van der Waals surface area contributed by atoms with Crippen LogP contribution in [0.2, 0.25) is 0 Å². The van der Waals surface area contributed by atoms with Gasteiger partial charge in [-0.1, -0.05) is 13.8 Å². The van der Waals surface area contributed by atoms with Crippen LogP contribution >= 0.6 is 0 Å². The summed E-state index contributed by atoms with van der Waals surface area (Å²) < 4.78 is 12.1. The van der Waals surface area contributed by atoms with Gasteiger partial charge in [0.25, 0.3) is 0 Å². The van der Waals surface area contributed by atoms with Crippen molar-refractivity contribution in [1.29, 1.82) is 0 Å². The van der Waals surface area contributed by atoms with Gasteiger partial charge in [-0.25, -0.2) is 0 Å². The van der Waals surface area contributed by atoms with E-state index >= 15 is 0 Å². The van der Waals surface area contributed by atoms with Gasteiger partial charge in [0.05, 0.1) is 19.3 Å². The molecule has 0 aromatic carbocycles. The lowest BCUT2D eigenvalue weighted by Crippen LogP contribution is -2.55. The minimum Gasteiger partial charge on any atom is -0.393 e. The van der Waals surface area contributed by atoms with Crippen LogP contribution in [0.1, 0.15) is 71.6 Å². The van der Waals surface area contributed by atoms with Crippen LogP contribution in [0.4, 0.5) is 0 Å². The van der Waals surface area contributed by atoms with Gasteiger partial charge in [0.15, 0.2) is 5.79 Å². The van der Waals surface area contributed by atoms with Gasteiger partial charge in [-0.15, -0.1) is 0 Å². The third-order valence-electron chi connectivity index (χ3n) is 9.23. The number of rotatable bonds is 0. The van der Waals surface area contributed by atoms with E-state index in [2.05, 4.69) is 13.8 Å². The maximum atomic E-state index is 10.3. The molecule has 1 heterocycles. The third kappa shape index (κ3) is 2.13. The van der Waals surface area contributed by atoms with E-state index in [1.165, 1.54) is 32.1 Å². The Bertz CT molecular complexity index is 513. The summed E-state index contributed by atoms with van der Waals surface area (Å²) in [4.78, 5) is 0. The van der Waals surface area contributed by atoms with Crippen LogP contribution in [-0.2, 0) is 9.47 Å². The molecular weight excluding hydrogens is 300 g/mol. The number of hydrogen-bond acceptors (Lipinski definition) is 3. The third-order valence-corrected chi connectivity index (χ3v) is 9.23. The fourth-order valence-corrected chi connectivity index (χ4v) is 7.98. The summed E-state index contributed by atoms with van der Waals surface area (Å²) in [6.45, 7) is 6.63. The van der Waals surface area contributed by atoms with Crippen molar-refractivity contribution in [2.45, 2.75) is 83.5 Å². The first-order chi connectivity index (χ1) is 11.4. The summed E-state index contributed by atoms with van der Waals surface area (Å²) in [6.07, 6.45) is 11.0. The normalized spacial score (nSPS) is 55.9. The molecule has 0 amide bonds. The van der Waals surface area contributed by atoms with E-state index in [0.717, 1.165) is 62.6 Å². The smallest absolute Gasteiger partial charge is 0.168 e. The predicted octanol–water partition coefficient (Wildman–Crippen LogP) is 4.13. The van der Waals surface area contributed by atoms with E-state index in [1.807, 2.05) is 0 Å². The van der Waals surface area contributed by atoms with Crippen molar-refractivity contribution in [2.24, 2.45) is 34.5 Å². The maximum Gasteiger partial charge on any atom is 0.168 e. The molecule has 0 radical (unpaired) electrons. The topological polar surface area (TPSA) is 38.7 Å². The molecule has 4 aliphatic carbocycles. The van der Waals surface area contributed by atoms with Crippen molar-refractivity contribution in [2.75, 3.05) is 13.2 Å². The van der Waals surface area contributed by atoms with Crippen LogP contribution in [0.15, 0.2) is 0 Å². The molecule has 0 bridgehead atoms. The Hall–Kier alpha value is -0.120. The number of fused-ring (bicyclic) bond motifs is 5. The molecular formula is C21H34O3. The highest BCUT2D eigenvalue weighted by Gasteiger charge is 2.61. The molecule has 4 saturated carbocycles. The molecule has 7 unspecified atom stereocenters. The standard InChI is InChI=1S/C21H34O3/c1-19-6-5-17-16(18(19)11-15(22)13-19)4-3-14-12-21(23-9-10-24-21)8-7-20(14,17)2/h14-18,22H,3-13H2,1-2H3. The summed E-state index contributed by atoms with van der Waals surface area (Å²) in [6, 6.07) is 0. The molecule has 0 aromatic rings. The largest absolute Gasteiger partial charge is 0.393 e. The van der Waals surface area contributed by atoms with Crippen LogP contribution < -0.4 is 0 Å². The van der Waals surface area contributed by atoms with Crippen LogP contribution in [0, 0.1) is 34.5 Å². The molecule has 1 N–H and O–H groups in total.